The molecule has 1 aliphatic heterocycles. The van der Waals surface area contributed by atoms with Crippen LogP contribution in [0.2, 0.25) is 5.02 Å². The van der Waals surface area contributed by atoms with E-state index in [1.54, 1.807) is 4.90 Å². The highest BCUT2D eigenvalue weighted by atomic mass is 35.5. The summed E-state index contributed by atoms with van der Waals surface area (Å²) >= 11 is 6.23. The number of piperidine rings is 1. The maximum atomic E-state index is 13.0. The van der Waals surface area contributed by atoms with E-state index >= 15 is 0 Å². The second-order valence-electron chi connectivity index (χ2n) is 8.22. The highest BCUT2D eigenvalue weighted by Gasteiger charge is 2.25. The molecule has 0 saturated carbocycles. The number of likely N-dealkylation sites (tertiary alicyclic amines) is 1. The van der Waals surface area contributed by atoms with Gasteiger partial charge in [0.2, 0.25) is 0 Å². The lowest BCUT2D eigenvalue weighted by atomic mass is 10.0. The van der Waals surface area contributed by atoms with E-state index in [1.807, 2.05) is 19.1 Å². The smallest absolute Gasteiger partial charge is 0.260 e. The van der Waals surface area contributed by atoms with Gasteiger partial charge >= 0.3 is 0 Å². The van der Waals surface area contributed by atoms with Gasteiger partial charge in [-0.3, -0.25) is 9.59 Å². The van der Waals surface area contributed by atoms with Gasteiger partial charge in [0.05, 0.1) is 0 Å². The average Bonchev–Trinajstić information content (AvgIpc) is 2.74. The van der Waals surface area contributed by atoms with Gasteiger partial charge in [-0.1, -0.05) is 25.4 Å². The van der Waals surface area contributed by atoms with E-state index in [9.17, 15) is 14.0 Å². The molecular weight excluding hydrogens is 419 g/mol. The first-order valence-electron chi connectivity index (χ1n) is 10.5. The van der Waals surface area contributed by atoms with Crippen molar-refractivity contribution in [2.75, 3.05) is 19.7 Å². The van der Waals surface area contributed by atoms with Crippen molar-refractivity contribution in [1.29, 1.82) is 0 Å². The zero-order valence-electron chi connectivity index (χ0n) is 18.1. The van der Waals surface area contributed by atoms with Gasteiger partial charge in [-0.05, 0) is 73.2 Å². The van der Waals surface area contributed by atoms with Gasteiger partial charge in [-0.25, -0.2) is 4.39 Å². The van der Waals surface area contributed by atoms with Crippen LogP contribution in [-0.4, -0.2) is 42.5 Å². The number of ether oxygens (including phenoxy) is 1. The van der Waals surface area contributed by atoms with Crippen LogP contribution in [0.1, 0.15) is 54.1 Å². The third kappa shape index (κ3) is 5.97. The Balaban J connectivity index is 1.50. The van der Waals surface area contributed by atoms with E-state index in [2.05, 4.69) is 19.2 Å². The molecule has 2 aromatic carbocycles. The fourth-order valence-electron chi connectivity index (χ4n) is 3.62. The lowest BCUT2D eigenvalue weighted by molar-refractivity contribution is -0.134. The third-order valence-corrected chi connectivity index (χ3v) is 5.96. The molecule has 5 nitrogen and oxygen atoms in total. The molecule has 1 heterocycles. The summed E-state index contributed by atoms with van der Waals surface area (Å²) in [5.41, 5.74) is 2.31. The number of nitrogens with zero attached hydrogens (tertiary/aromatic N) is 1. The number of carbonyl (C=O) groups is 2. The molecule has 1 fully saturated rings. The van der Waals surface area contributed by atoms with Crippen molar-refractivity contribution in [1.82, 2.24) is 10.2 Å². The molecule has 3 rings (SSSR count). The Morgan fingerprint density at radius 2 is 1.84 bits per heavy atom. The SMILES string of the molecule is Cc1cc(OCC(=O)N2CCC(NC(=O)c3ccc(F)cc3)CC2)c(C(C)C)cc1Cl. The summed E-state index contributed by atoms with van der Waals surface area (Å²) < 4.78 is 18.9. The zero-order chi connectivity index (χ0) is 22.5. The first kappa shape index (κ1) is 23.1. The fraction of sp³-hybridized carbons (Fsp3) is 0.417. The van der Waals surface area contributed by atoms with E-state index in [0.29, 0.717) is 42.3 Å². The third-order valence-electron chi connectivity index (χ3n) is 5.55. The van der Waals surface area contributed by atoms with Crippen molar-refractivity contribution in [2.24, 2.45) is 0 Å². The maximum Gasteiger partial charge on any atom is 0.260 e. The van der Waals surface area contributed by atoms with E-state index in [0.717, 1.165) is 11.1 Å². The van der Waals surface area contributed by atoms with Gasteiger partial charge in [-0.15, -0.1) is 0 Å². The summed E-state index contributed by atoms with van der Waals surface area (Å²) in [5, 5.41) is 3.65. The van der Waals surface area contributed by atoms with Crippen molar-refractivity contribution in [2.45, 2.75) is 45.6 Å². The highest BCUT2D eigenvalue weighted by molar-refractivity contribution is 6.31. The molecule has 0 aromatic heterocycles. The summed E-state index contributed by atoms with van der Waals surface area (Å²) in [7, 11) is 0. The Labute approximate surface area is 187 Å². The maximum absolute atomic E-state index is 13.0. The molecule has 2 aromatic rings. The standard InChI is InChI=1S/C24H28ClFN2O3/c1-15(2)20-13-21(25)16(3)12-22(20)31-14-23(29)28-10-8-19(9-11-28)27-24(30)17-4-6-18(26)7-5-17/h4-7,12-13,15,19H,8-11,14H2,1-3H3,(H,27,30). The average molecular weight is 447 g/mol. The van der Waals surface area contributed by atoms with E-state index in [1.165, 1.54) is 24.3 Å². The summed E-state index contributed by atoms with van der Waals surface area (Å²) in [4.78, 5) is 26.7. The lowest BCUT2D eigenvalue weighted by Crippen LogP contribution is -2.47. The van der Waals surface area contributed by atoms with Crippen LogP contribution in [0.25, 0.3) is 0 Å². The van der Waals surface area contributed by atoms with Gasteiger partial charge < -0.3 is 15.0 Å². The number of hydrogen-bond acceptors (Lipinski definition) is 3. The zero-order valence-corrected chi connectivity index (χ0v) is 18.8. The molecule has 166 valence electrons. The Morgan fingerprint density at radius 3 is 2.45 bits per heavy atom. The van der Waals surface area contributed by atoms with Crippen LogP contribution in [0.3, 0.4) is 0 Å². The first-order chi connectivity index (χ1) is 14.7. The quantitative estimate of drug-likeness (QED) is 0.699. The predicted molar refractivity (Wildman–Crippen MR) is 119 cm³/mol. The number of amides is 2. The molecule has 0 radical (unpaired) electrons. The Morgan fingerprint density at radius 1 is 1.19 bits per heavy atom. The monoisotopic (exact) mass is 446 g/mol. The molecule has 0 atom stereocenters. The van der Waals surface area contributed by atoms with Crippen LogP contribution in [0.5, 0.6) is 5.75 Å². The van der Waals surface area contributed by atoms with Gasteiger partial charge in [0.15, 0.2) is 6.61 Å². The molecular formula is C24H28ClFN2O3. The molecule has 0 bridgehead atoms. The van der Waals surface area contributed by atoms with Crippen LogP contribution >= 0.6 is 11.6 Å². The molecule has 1 aliphatic rings. The number of benzene rings is 2. The largest absolute Gasteiger partial charge is 0.483 e. The fourth-order valence-corrected chi connectivity index (χ4v) is 3.79. The number of rotatable bonds is 6. The van der Waals surface area contributed by atoms with Crippen LogP contribution in [-0.2, 0) is 4.79 Å². The summed E-state index contributed by atoms with van der Waals surface area (Å²) in [6.07, 6.45) is 1.33. The second-order valence-corrected chi connectivity index (χ2v) is 8.63. The predicted octanol–water partition coefficient (Wildman–Crippen LogP) is 4.71. The Hall–Kier alpha value is -2.60. The van der Waals surface area contributed by atoms with Crippen molar-refractivity contribution < 1.29 is 18.7 Å². The minimum atomic E-state index is -0.375. The molecule has 7 heteroatoms. The van der Waals surface area contributed by atoms with E-state index in [-0.39, 0.29) is 36.2 Å². The number of carbonyl (C=O) groups excluding carboxylic acids is 2. The van der Waals surface area contributed by atoms with E-state index in [4.69, 9.17) is 16.3 Å². The van der Waals surface area contributed by atoms with Crippen LogP contribution in [0.4, 0.5) is 4.39 Å². The number of halogens is 2. The minimum Gasteiger partial charge on any atom is -0.483 e. The molecule has 0 aliphatic carbocycles. The first-order valence-corrected chi connectivity index (χ1v) is 10.9. The molecule has 0 spiro atoms. The van der Waals surface area contributed by atoms with Crippen LogP contribution in [0, 0.1) is 12.7 Å². The highest BCUT2D eigenvalue weighted by Crippen LogP contribution is 2.32. The summed E-state index contributed by atoms with van der Waals surface area (Å²) in [6, 6.07) is 9.22. The Kier molecular flexibility index (Phi) is 7.55. The second kappa shape index (κ2) is 10.1. The minimum absolute atomic E-state index is 0.0195. The molecule has 31 heavy (non-hydrogen) atoms. The van der Waals surface area contributed by atoms with Gasteiger partial charge in [0.25, 0.3) is 11.8 Å². The van der Waals surface area contributed by atoms with Crippen molar-refractivity contribution in [3.63, 3.8) is 0 Å². The topological polar surface area (TPSA) is 58.6 Å². The van der Waals surface area contributed by atoms with E-state index < -0.39 is 0 Å². The lowest BCUT2D eigenvalue weighted by Gasteiger charge is -2.32. The number of nitrogens with one attached hydrogen (secondary N) is 1. The number of aryl methyl sites for hydroxylation is 1. The van der Waals surface area contributed by atoms with Crippen LogP contribution < -0.4 is 10.1 Å². The molecule has 2 amide bonds. The van der Waals surface area contributed by atoms with Gasteiger partial charge in [-0.2, -0.15) is 0 Å². The molecule has 1 saturated heterocycles. The van der Waals surface area contributed by atoms with Crippen molar-refractivity contribution >= 4 is 23.4 Å². The van der Waals surface area contributed by atoms with Gasteiger partial charge in [0.1, 0.15) is 11.6 Å². The number of hydrogen-bond donors (Lipinski definition) is 1. The molecule has 0 unspecified atom stereocenters. The Bertz CT molecular complexity index is 939. The summed E-state index contributed by atoms with van der Waals surface area (Å²) in [5.74, 6) is 0.230. The van der Waals surface area contributed by atoms with Crippen molar-refractivity contribution in [3.05, 3.63) is 63.9 Å². The summed E-state index contributed by atoms with van der Waals surface area (Å²) in [6.45, 7) is 7.08. The normalized spacial score (nSPS) is 14.6. The van der Waals surface area contributed by atoms with Gasteiger partial charge in [0, 0.05) is 29.7 Å². The molecule has 1 N–H and O–H groups in total. The van der Waals surface area contributed by atoms with Crippen LogP contribution in [0.15, 0.2) is 36.4 Å². The van der Waals surface area contributed by atoms with Crippen molar-refractivity contribution in [3.8, 4) is 5.75 Å².